The van der Waals surface area contributed by atoms with Gasteiger partial charge in [-0.25, -0.2) is 9.69 Å². The average Bonchev–Trinajstić information content (AvgIpc) is 3.12. The predicted molar refractivity (Wildman–Crippen MR) is 145 cm³/mol. The first kappa shape index (κ1) is 27.9. The highest BCUT2D eigenvalue weighted by Crippen LogP contribution is 2.39. The molecule has 0 radical (unpaired) electrons. The van der Waals surface area contributed by atoms with Gasteiger partial charge >= 0.3 is 6.09 Å². The van der Waals surface area contributed by atoms with Gasteiger partial charge in [0.2, 0.25) is 5.91 Å². The van der Waals surface area contributed by atoms with Crippen LogP contribution in [0.25, 0.3) is 0 Å². The summed E-state index contributed by atoms with van der Waals surface area (Å²) in [5.74, 6) is 0.0506. The molecular weight excluding hydrogens is 470 g/mol. The Morgan fingerprint density at radius 3 is 2.14 bits per heavy atom. The summed E-state index contributed by atoms with van der Waals surface area (Å²) in [7, 11) is -2.06. The van der Waals surface area contributed by atoms with E-state index in [4.69, 9.17) is 13.9 Å². The Labute approximate surface area is 217 Å². The second-order valence-corrected chi connectivity index (χ2v) is 16.9. The third-order valence-electron chi connectivity index (χ3n) is 6.97. The molecule has 196 valence electrons. The Kier molecular flexibility index (Phi) is 8.36. The van der Waals surface area contributed by atoms with Crippen LogP contribution in [0.15, 0.2) is 54.6 Å². The molecule has 1 aliphatic heterocycles. The zero-order chi connectivity index (χ0) is 26.7. The summed E-state index contributed by atoms with van der Waals surface area (Å²) in [5, 5.41) is 0.0291. The largest absolute Gasteiger partial charge is 0.489 e. The normalized spacial score (nSPS) is 18.9. The standard InChI is InChI=1S/C29H41NO5Si/c1-28(2,3)35-27(32)30-23(20-34-36(7,8)29(4,5)6)18-25(26(30)31)22-14-16-24(17-15-22)33-19-21-12-10-9-11-13-21/h9-17,23,25H,18-20H2,1-8H3. The molecule has 36 heavy (non-hydrogen) atoms. The number of rotatable bonds is 7. The van der Waals surface area contributed by atoms with Gasteiger partial charge < -0.3 is 13.9 Å². The van der Waals surface area contributed by atoms with Crippen LogP contribution < -0.4 is 4.74 Å². The minimum Gasteiger partial charge on any atom is -0.489 e. The van der Waals surface area contributed by atoms with Crippen LogP contribution in [-0.4, -0.2) is 43.5 Å². The molecule has 2 atom stereocenters. The van der Waals surface area contributed by atoms with Crippen molar-refractivity contribution in [2.45, 2.75) is 90.3 Å². The summed E-state index contributed by atoms with van der Waals surface area (Å²) in [6.07, 6.45) is -0.113. The topological polar surface area (TPSA) is 65.1 Å². The summed E-state index contributed by atoms with van der Waals surface area (Å²) in [6.45, 7) is 17.1. The van der Waals surface area contributed by atoms with E-state index in [1.807, 2.05) is 54.6 Å². The van der Waals surface area contributed by atoms with E-state index >= 15 is 0 Å². The smallest absolute Gasteiger partial charge is 0.417 e. The second kappa shape index (κ2) is 10.8. The van der Waals surface area contributed by atoms with Crippen LogP contribution in [0.3, 0.4) is 0 Å². The number of hydrogen-bond acceptors (Lipinski definition) is 5. The molecule has 7 heteroatoms. The number of hydrogen-bond donors (Lipinski definition) is 0. The molecule has 0 bridgehead atoms. The minimum absolute atomic E-state index is 0.0291. The van der Waals surface area contributed by atoms with Gasteiger partial charge in [-0.05, 0) is 68.6 Å². The Hall–Kier alpha value is -2.64. The van der Waals surface area contributed by atoms with Crippen LogP contribution in [-0.2, 0) is 20.6 Å². The van der Waals surface area contributed by atoms with Gasteiger partial charge in [0.25, 0.3) is 0 Å². The molecule has 2 amide bonds. The van der Waals surface area contributed by atoms with Gasteiger partial charge in [-0.15, -0.1) is 0 Å². The van der Waals surface area contributed by atoms with Gasteiger partial charge in [0.05, 0.1) is 18.6 Å². The maximum atomic E-state index is 13.5. The third-order valence-corrected chi connectivity index (χ3v) is 11.5. The molecule has 1 heterocycles. The lowest BCUT2D eigenvalue weighted by atomic mass is 9.96. The number of ether oxygens (including phenoxy) is 2. The first-order chi connectivity index (χ1) is 16.7. The monoisotopic (exact) mass is 511 g/mol. The zero-order valence-electron chi connectivity index (χ0n) is 23.0. The number of carbonyl (C=O) groups excluding carboxylic acids is 2. The number of amides is 2. The molecule has 0 N–H and O–H groups in total. The Balaban J connectivity index is 1.76. The van der Waals surface area contributed by atoms with Crippen LogP contribution in [0.4, 0.5) is 4.79 Å². The number of carbonyl (C=O) groups is 2. The highest BCUT2D eigenvalue weighted by molar-refractivity contribution is 6.74. The fourth-order valence-corrected chi connectivity index (χ4v) is 4.90. The van der Waals surface area contributed by atoms with E-state index in [-0.39, 0.29) is 17.0 Å². The van der Waals surface area contributed by atoms with E-state index in [1.54, 1.807) is 20.8 Å². The highest BCUT2D eigenvalue weighted by Gasteiger charge is 2.47. The summed E-state index contributed by atoms with van der Waals surface area (Å²) in [5.41, 5.74) is 1.25. The molecule has 0 spiro atoms. The fraction of sp³-hybridized carbons (Fsp3) is 0.517. The number of imide groups is 1. The van der Waals surface area contributed by atoms with Gasteiger partial charge in [0.1, 0.15) is 18.0 Å². The molecule has 3 rings (SSSR count). The molecule has 2 aromatic rings. The summed E-state index contributed by atoms with van der Waals surface area (Å²) in [4.78, 5) is 27.9. The van der Waals surface area contributed by atoms with Crippen molar-refractivity contribution in [1.82, 2.24) is 4.90 Å². The van der Waals surface area contributed by atoms with E-state index in [0.29, 0.717) is 19.6 Å². The number of benzene rings is 2. The molecule has 0 aliphatic carbocycles. The average molecular weight is 512 g/mol. The van der Waals surface area contributed by atoms with E-state index in [9.17, 15) is 9.59 Å². The SMILES string of the molecule is CC(C)(C)OC(=O)N1C(=O)C(c2ccc(OCc3ccccc3)cc2)CC1CO[Si](C)(C)C(C)(C)C. The lowest BCUT2D eigenvalue weighted by Gasteiger charge is -2.37. The van der Waals surface area contributed by atoms with Gasteiger partial charge in [-0.2, -0.15) is 0 Å². The molecule has 1 aliphatic rings. The molecular formula is C29H41NO5Si. The lowest BCUT2D eigenvalue weighted by molar-refractivity contribution is -0.129. The number of nitrogens with zero attached hydrogens (tertiary/aromatic N) is 1. The Morgan fingerprint density at radius 2 is 1.58 bits per heavy atom. The van der Waals surface area contributed by atoms with E-state index in [2.05, 4.69) is 33.9 Å². The third kappa shape index (κ3) is 6.98. The van der Waals surface area contributed by atoms with Crippen molar-refractivity contribution in [3.05, 3.63) is 65.7 Å². The molecule has 2 aromatic carbocycles. The molecule has 6 nitrogen and oxygen atoms in total. The van der Waals surface area contributed by atoms with Gasteiger partial charge in [0.15, 0.2) is 8.32 Å². The molecule has 1 saturated heterocycles. The first-order valence-electron chi connectivity index (χ1n) is 12.6. The molecule has 2 unspecified atom stereocenters. The summed E-state index contributed by atoms with van der Waals surface area (Å²) < 4.78 is 17.9. The van der Waals surface area contributed by atoms with Gasteiger partial charge in [-0.3, -0.25) is 4.79 Å². The van der Waals surface area contributed by atoms with Crippen LogP contribution in [0, 0.1) is 0 Å². The quantitative estimate of drug-likeness (QED) is 0.378. The van der Waals surface area contributed by atoms with Crippen molar-refractivity contribution >= 4 is 20.3 Å². The molecule has 0 saturated carbocycles. The van der Waals surface area contributed by atoms with Crippen LogP contribution in [0.5, 0.6) is 5.75 Å². The summed E-state index contributed by atoms with van der Waals surface area (Å²) in [6, 6.07) is 17.2. The van der Waals surface area contributed by atoms with Crippen molar-refractivity contribution in [2.75, 3.05) is 6.61 Å². The maximum absolute atomic E-state index is 13.5. The molecule has 1 fully saturated rings. The summed E-state index contributed by atoms with van der Waals surface area (Å²) >= 11 is 0. The van der Waals surface area contributed by atoms with Crippen LogP contribution >= 0.6 is 0 Å². The Bertz CT molecular complexity index is 1040. The van der Waals surface area contributed by atoms with E-state index < -0.39 is 25.9 Å². The van der Waals surface area contributed by atoms with Crippen molar-refractivity contribution in [2.24, 2.45) is 0 Å². The second-order valence-electron chi connectivity index (χ2n) is 12.0. The van der Waals surface area contributed by atoms with E-state index in [1.165, 1.54) is 4.90 Å². The van der Waals surface area contributed by atoms with E-state index in [0.717, 1.165) is 16.9 Å². The minimum atomic E-state index is -2.06. The fourth-order valence-electron chi connectivity index (χ4n) is 3.86. The lowest BCUT2D eigenvalue weighted by Crippen LogP contribution is -2.48. The van der Waals surface area contributed by atoms with Crippen molar-refractivity contribution < 1.29 is 23.5 Å². The van der Waals surface area contributed by atoms with Crippen molar-refractivity contribution in [1.29, 1.82) is 0 Å². The van der Waals surface area contributed by atoms with Crippen molar-refractivity contribution in [3.63, 3.8) is 0 Å². The van der Waals surface area contributed by atoms with Gasteiger partial charge in [-0.1, -0.05) is 63.2 Å². The zero-order valence-corrected chi connectivity index (χ0v) is 24.0. The Morgan fingerprint density at radius 1 is 0.972 bits per heavy atom. The highest BCUT2D eigenvalue weighted by atomic mass is 28.4. The molecule has 0 aromatic heterocycles. The number of likely N-dealkylation sites (tertiary alicyclic amines) is 1. The first-order valence-corrected chi connectivity index (χ1v) is 15.6. The van der Waals surface area contributed by atoms with Crippen LogP contribution in [0.1, 0.15) is 65.0 Å². The van der Waals surface area contributed by atoms with Crippen LogP contribution in [0.2, 0.25) is 18.1 Å². The van der Waals surface area contributed by atoms with Crippen molar-refractivity contribution in [3.8, 4) is 5.75 Å². The maximum Gasteiger partial charge on any atom is 0.417 e. The predicted octanol–water partition coefficient (Wildman–Crippen LogP) is 6.91. The van der Waals surface area contributed by atoms with Gasteiger partial charge in [0, 0.05) is 0 Å².